The van der Waals surface area contributed by atoms with Gasteiger partial charge in [0.05, 0.1) is 11.1 Å². The molecule has 0 saturated heterocycles. The Labute approximate surface area is 98.1 Å². The fourth-order valence-corrected chi connectivity index (χ4v) is 3.38. The number of ether oxygens (including phenoxy) is 1. The molecule has 15 heavy (non-hydrogen) atoms. The molecule has 0 unspecified atom stereocenters. The highest BCUT2D eigenvalue weighted by Crippen LogP contribution is 2.42. The van der Waals surface area contributed by atoms with Crippen LogP contribution in [-0.4, -0.2) is 0 Å². The van der Waals surface area contributed by atoms with E-state index in [2.05, 4.69) is 15.9 Å². The van der Waals surface area contributed by atoms with Crippen LogP contribution in [0.1, 0.15) is 55.1 Å². The van der Waals surface area contributed by atoms with Gasteiger partial charge < -0.3 is 9.15 Å². The third-order valence-electron chi connectivity index (χ3n) is 3.51. The molecule has 2 nitrogen and oxygen atoms in total. The lowest BCUT2D eigenvalue weighted by atomic mass is 9.87. The van der Waals surface area contributed by atoms with E-state index in [1.165, 1.54) is 47.9 Å². The Morgan fingerprint density at radius 1 is 1.07 bits per heavy atom. The van der Waals surface area contributed by atoms with E-state index in [4.69, 9.17) is 9.15 Å². The van der Waals surface area contributed by atoms with Gasteiger partial charge in [0.2, 0.25) is 0 Å². The zero-order valence-electron chi connectivity index (χ0n) is 8.72. The van der Waals surface area contributed by atoms with Crippen LogP contribution < -0.4 is 0 Å². The fourth-order valence-electron chi connectivity index (χ4n) is 2.64. The molecular weight excluding hydrogens is 256 g/mol. The molecule has 0 amide bonds. The molecular formula is C12H15BrO2. The van der Waals surface area contributed by atoms with Gasteiger partial charge in [0.15, 0.2) is 0 Å². The van der Waals surface area contributed by atoms with Crippen LogP contribution in [0.5, 0.6) is 0 Å². The molecule has 0 bridgehead atoms. The van der Waals surface area contributed by atoms with Crippen molar-refractivity contribution in [2.45, 2.75) is 51.2 Å². The number of halogens is 1. The van der Waals surface area contributed by atoms with E-state index >= 15 is 0 Å². The third-order valence-corrected chi connectivity index (χ3v) is 4.38. The van der Waals surface area contributed by atoms with Gasteiger partial charge >= 0.3 is 0 Å². The number of fused-ring (bicyclic) bond motifs is 1. The second-order valence-electron chi connectivity index (χ2n) is 4.51. The lowest BCUT2D eigenvalue weighted by Gasteiger charge is -2.20. The normalized spacial score (nSPS) is 21.9. The number of furan rings is 1. The highest BCUT2D eigenvalue weighted by molar-refractivity contribution is 9.10. The minimum atomic E-state index is 0.638. The molecule has 1 saturated carbocycles. The predicted octanol–water partition coefficient (Wildman–Crippen LogP) is 4.12. The van der Waals surface area contributed by atoms with E-state index < -0.39 is 0 Å². The Hall–Kier alpha value is -0.280. The summed E-state index contributed by atoms with van der Waals surface area (Å²) in [5, 5.41) is 0. The molecule has 2 aliphatic rings. The van der Waals surface area contributed by atoms with Crippen LogP contribution in [0.4, 0.5) is 0 Å². The first-order valence-corrected chi connectivity index (χ1v) is 6.53. The molecule has 1 aromatic heterocycles. The zero-order valence-corrected chi connectivity index (χ0v) is 10.3. The van der Waals surface area contributed by atoms with Crippen LogP contribution >= 0.6 is 15.9 Å². The van der Waals surface area contributed by atoms with Gasteiger partial charge in [0.25, 0.3) is 0 Å². The van der Waals surface area contributed by atoms with Crippen molar-refractivity contribution in [2.24, 2.45) is 0 Å². The molecule has 1 aromatic rings. The van der Waals surface area contributed by atoms with Gasteiger partial charge in [-0.2, -0.15) is 0 Å². The summed E-state index contributed by atoms with van der Waals surface area (Å²) < 4.78 is 12.5. The number of rotatable bonds is 1. The van der Waals surface area contributed by atoms with Crippen molar-refractivity contribution in [3.8, 4) is 0 Å². The van der Waals surface area contributed by atoms with E-state index in [1.807, 2.05) is 0 Å². The summed E-state index contributed by atoms with van der Waals surface area (Å²) in [6, 6.07) is 0. The first-order chi connectivity index (χ1) is 7.36. The molecule has 82 valence electrons. The topological polar surface area (TPSA) is 22.4 Å². The van der Waals surface area contributed by atoms with Crippen molar-refractivity contribution in [3.63, 3.8) is 0 Å². The van der Waals surface area contributed by atoms with Gasteiger partial charge in [-0.25, -0.2) is 0 Å². The molecule has 0 spiro atoms. The Kier molecular flexibility index (Phi) is 2.61. The molecule has 3 rings (SSSR count). The zero-order chi connectivity index (χ0) is 10.3. The van der Waals surface area contributed by atoms with Gasteiger partial charge in [-0.1, -0.05) is 19.3 Å². The summed E-state index contributed by atoms with van der Waals surface area (Å²) in [5.74, 6) is 2.86. The monoisotopic (exact) mass is 270 g/mol. The summed E-state index contributed by atoms with van der Waals surface area (Å²) >= 11 is 3.66. The molecule has 3 heteroatoms. The summed E-state index contributed by atoms with van der Waals surface area (Å²) in [6.07, 6.45) is 6.65. The lowest BCUT2D eigenvalue weighted by Crippen LogP contribution is -2.04. The summed E-state index contributed by atoms with van der Waals surface area (Å²) in [7, 11) is 0. The average Bonchev–Trinajstić information content (AvgIpc) is 2.83. The SMILES string of the molecule is Brc1c(C2CCCCC2)oc2c1COC2. The highest BCUT2D eigenvalue weighted by atomic mass is 79.9. The second kappa shape index (κ2) is 3.95. The maximum atomic E-state index is 5.92. The van der Waals surface area contributed by atoms with E-state index in [1.54, 1.807) is 0 Å². The van der Waals surface area contributed by atoms with Gasteiger partial charge in [0, 0.05) is 11.5 Å². The standard InChI is InChI=1S/C12H15BrO2/c13-11-9-6-14-7-10(9)15-12(11)8-4-2-1-3-5-8/h8H,1-7H2. The smallest absolute Gasteiger partial charge is 0.136 e. The van der Waals surface area contributed by atoms with Crippen molar-refractivity contribution in [1.82, 2.24) is 0 Å². The van der Waals surface area contributed by atoms with Crippen LogP contribution in [0.2, 0.25) is 0 Å². The largest absolute Gasteiger partial charge is 0.462 e. The van der Waals surface area contributed by atoms with Crippen LogP contribution in [0, 0.1) is 0 Å². The average molecular weight is 271 g/mol. The fraction of sp³-hybridized carbons (Fsp3) is 0.667. The lowest BCUT2D eigenvalue weighted by molar-refractivity contribution is 0.121. The van der Waals surface area contributed by atoms with E-state index in [9.17, 15) is 0 Å². The third kappa shape index (κ3) is 1.66. The second-order valence-corrected chi connectivity index (χ2v) is 5.30. The van der Waals surface area contributed by atoms with Crippen molar-refractivity contribution >= 4 is 15.9 Å². The van der Waals surface area contributed by atoms with Crippen molar-refractivity contribution < 1.29 is 9.15 Å². The van der Waals surface area contributed by atoms with Crippen LogP contribution in [0.3, 0.4) is 0 Å². The van der Waals surface area contributed by atoms with E-state index in [0.29, 0.717) is 19.1 Å². The summed E-state index contributed by atoms with van der Waals surface area (Å²) in [6.45, 7) is 1.37. The maximum absolute atomic E-state index is 5.92. The van der Waals surface area contributed by atoms with Crippen molar-refractivity contribution in [1.29, 1.82) is 0 Å². The molecule has 0 N–H and O–H groups in total. The van der Waals surface area contributed by atoms with Crippen LogP contribution in [0.15, 0.2) is 8.89 Å². The number of hydrogen-bond acceptors (Lipinski definition) is 2. The van der Waals surface area contributed by atoms with Gasteiger partial charge in [-0.05, 0) is 28.8 Å². The summed E-state index contributed by atoms with van der Waals surface area (Å²) in [5.41, 5.74) is 1.25. The van der Waals surface area contributed by atoms with Crippen molar-refractivity contribution in [3.05, 3.63) is 21.6 Å². The quantitative estimate of drug-likeness (QED) is 0.766. The van der Waals surface area contributed by atoms with Crippen LogP contribution in [0.25, 0.3) is 0 Å². The minimum absolute atomic E-state index is 0.638. The van der Waals surface area contributed by atoms with Crippen LogP contribution in [-0.2, 0) is 18.0 Å². The molecule has 0 radical (unpaired) electrons. The first-order valence-electron chi connectivity index (χ1n) is 5.74. The van der Waals surface area contributed by atoms with E-state index in [-0.39, 0.29) is 0 Å². The Balaban J connectivity index is 1.91. The van der Waals surface area contributed by atoms with Gasteiger partial charge in [0.1, 0.15) is 18.1 Å². The predicted molar refractivity (Wildman–Crippen MR) is 60.7 cm³/mol. The molecule has 1 aliphatic carbocycles. The Bertz CT molecular complexity index is 364. The minimum Gasteiger partial charge on any atom is -0.462 e. The molecule has 1 fully saturated rings. The molecule has 2 heterocycles. The van der Waals surface area contributed by atoms with E-state index in [0.717, 1.165) is 5.76 Å². The molecule has 0 atom stereocenters. The Morgan fingerprint density at radius 2 is 1.87 bits per heavy atom. The van der Waals surface area contributed by atoms with Gasteiger partial charge in [-0.15, -0.1) is 0 Å². The summed E-state index contributed by atoms with van der Waals surface area (Å²) in [4.78, 5) is 0. The van der Waals surface area contributed by atoms with Gasteiger partial charge in [-0.3, -0.25) is 0 Å². The number of hydrogen-bond donors (Lipinski definition) is 0. The first kappa shape index (κ1) is 9.91. The molecule has 1 aliphatic heterocycles. The Morgan fingerprint density at radius 3 is 2.60 bits per heavy atom. The van der Waals surface area contributed by atoms with Crippen molar-refractivity contribution in [2.75, 3.05) is 0 Å². The maximum Gasteiger partial charge on any atom is 0.136 e. The highest BCUT2D eigenvalue weighted by Gasteiger charge is 2.28. The molecule has 0 aromatic carbocycles.